The van der Waals surface area contributed by atoms with Crippen molar-refractivity contribution in [2.45, 2.75) is 38.6 Å². The lowest BCUT2D eigenvalue weighted by Crippen LogP contribution is -2.47. The zero-order valence-corrected chi connectivity index (χ0v) is 23.0. The van der Waals surface area contributed by atoms with Gasteiger partial charge in [0.25, 0.3) is 0 Å². The van der Waals surface area contributed by atoms with Gasteiger partial charge in [-0.25, -0.2) is 4.98 Å². The highest BCUT2D eigenvalue weighted by atomic mass is 32.1. The number of anilines is 1. The van der Waals surface area contributed by atoms with Crippen LogP contribution in [-0.4, -0.2) is 85.1 Å². The van der Waals surface area contributed by atoms with Crippen molar-refractivity contribution in [3.05, 3.63) is 46.5 Å². The van der Waals surface area contributed by atoms with Crippen LogP contribution in [0.4, 0.5) is 5.69 Å². The summed E-state index contributed by atoms with van der Waals surface area (Å²) < 4.78 is 5.78. The first-order valence-corrected chi connectivity index (χ1v) is 14.3. The maximum Gasteiger partial charge on any atom is 0.224 e. The predicted octanol–water partition coefficient (Wildman–Crippen LogP) is 3.90. The summed E-state index contributed by atoms with van der Waals surface area (Å²) >= 11 is 1.71. The topological polar surface area (TPSA) is 73.8 Å². The molecule has 0 spiro atoms. The van der Waals surface area contributed by atoms with Gasteiger partial charge in [-0.3, -0.25) is 14.7 Å². The zero-order valence-electron chi connectivity index (χ0n) is 22.2. The Kier molecular flexibility index (Phi) is 8.22. The van der Waals surface area contributed by atoms with E-state index in [0.29, 0.717) is 12.3 Å². The number of piperazine rings is 1. The molecule has 0 aliphatic carbocycles. The van der Waals surface area contributed by atoms with Gasteiger partial charge in [0.1, 0.15) is 11.4 Å². The van der Waals surface area contributed by atoms with Gasteiger partial charge in [0.2, 0.25) is 5.91 Å². The highest BCUT2D eigenvalue weighted by molar-refractivity contribution is 7.09. The number of carbonyl (C=O) groups is 1. The molecular weight excluding hydrogens is 484 g/mol. The molecular formula is C28H38N6O2S. The third kappa shape index (κ3) is 5.73. The Hall–Kier alpha value is -2.75. The number of carbonyl (C=O) groups excluding carboxylic acids is 1. The van der Waals surface area contributed by atoms with Crippen LogP contribution in [0, 0.1) is 0 Å². The largest absolute Gasteiger partial charge is 0.494 e. The van der Waals surface area contributed by atoms with Crippen molar-refractivity contribution in [3.63, 3.8) is 0 Å². The molecule has 1 unspecified atom stereocenters. The first kappa shape index (κ1) is 25.9. The minimum Gasteiger partial charge on any atom is -0.494 e. The van der Waals surface area contributed by atoms with Gasteiger partial charge in [-0.2, -0.15) is 0 Å². The Balaban J connectivity index is 1.39. The average Bonchev–Trinajstić information content (AvgIpc) is 3.31. The predicted molar refractivity (Wildman–Crippen MR) is 150 cm³/mol. The fourth-order valence-corrected chi connectivity index (χ4v) is 6.28. The van der Waals surface area contributed by atoms with Crippen LogP contribution in [0.25, 0.3) is 10.9 Å². The van der Waals surface area contributed by atoms with E-state index in [0.717, 1.165) is 91.8 Å². The fraction of sp³-hybridized carbons (Fsp3) is 0.536. The maximum absolute atomic E-state index is 13.4. The quantitative estimate of drug-likeness (QED) is 0.505. The van der Waals surface area contributed by atoms with Gasteiger partial charge in [0.05, 0.1) is 29.4 Å². The molecule has 4 heterocycles. The van der Waals surface area contributed by atoms with Crippen LogP contribution in [-0.2, 0) is 4.79 Å². The van der Waals surface area contributed by atoms with Crippen molar-refractivity contribution in [2.24, 2.45) is 0 Å². The van der Waals surface area contributed by atoms with E-state index in [1.807, 2.05) is 23.2 Å². The van der Waals surface area contributed by atoms with Gasteiger partial charge in [0, 0.05) is 81.7 Å². The Labute approximate surface area is 223 Å². The highest BCUT2D eigenvalue weighted by Gasteiger charge is 2.31. The molecule has 3 aromatic rings. The number of nitrogens with zero attached hydrogens (tertiary/aromatic N) is 5. The molecule has 1 aromatic carbocycles. The molecule has 0 radical (unpaired) electrons. The molecule has 37 heavy (non-hydrogen) atoms. The Morgan fingerprint density at radius 1 is 1.11 bits per heavy atom. The van der Waals surface area contributed by atoms with Gasteiger partial charge in [0.15, 0.2) is 0 Å². The van der Waals surface area contributed by atoms with Crippen molar-refractivity contribution in [1.29, 1.82) is 0 Å². The number of thiazole rings is 1. The van der Waals surface area contributed by atoms with E-state index in [4.69, 9.17) is 14.7 Å². The molecule has 198 valence electrons. The summed E-state index contributed by atoms with van der Waals surface area (Å²) in [6.07, 6.45) is 3.31. The van der Waals surface area contributed by atoms with Gasteiger partial charge >= 0.3 is 0 Å². The molecule has 2 aliphatic rings. The Morgan fingerprint density at radius 3 is 2.70 bits per heavy atom. The number of aromatic nitrogens is 2. The van der Waals surface area contributed by atoms with Gasteiger partial charge in [-0.05, 0) is 24.6 Å². The number of hydrogen-bond donors (Lipinski definition) is 1. The van der Waals surface area contributed by atoms with Crippen molar-refractivity contribution < 1.29 is 9.53 Å². The summed E-state index contributed by atoms with van der Waals surface area (Å²) in [4.78, 5) is 30.0. The molecule has 9 heteroatoms. The molecule has 1 amide bonds. The van der Waals surface area contributed by atoms with Crippen molar-refractivity contribution in [2.75, 3.05) is 64.4 Å². The number of pyridine rings is 1. The summed E-state index contributed by atoms with van der Waals surface area (Å²) in [6.45, 7) is 11.2. The van der Waals surface area contributed by atoms with Crippen molar-refractivity contribution in [3.8, 4) is 5.75 Å². The molecule has 0 saturated carbocycles. The SMILES string of the molecule is COc1ccc2cccnc2c1N1CCCN(C(CC(=O)N2CCNCC2)c2csc(C(C)C)n2)CC1. The Bertz CT molecular complexity index is 1210. The molecule has 1 atom stereocenters. The van der Waals surface area contributed by atoms with E-state index in [-0.39, 0.29) is 11.9 Å². The van der Waals surface area contributed by atoms with Crippen LogP contribution in [0.1, 0.15) is 49.4 Å². The molecule has 2 saturated heterocycles. The zero-order chi connectivity index (χ0) is 25.8. The second-order valence-corrected chi connectivity index (χ2v) is 11.1. The number of nitrogens with one attached hydrogen (secondary N) is 1. The standard InChI is InChI=1S/C28H38N6O2S/c1-20(2)28-31-22(19-37-28)23(18-25(35)33-14-10-29-11-15-33)32-12-5-13-34(17-16-32)27-24(36-3)8-7-21-6-4-9-30-26(21)27/h4,6-9,19-20,23,29H,5,10-18H2,1-3H3. The molecule has 0 bridgehead atoms. The normalized spacial score (nSPS) is 18.3. The number of hydrogen-bond acceptors (Lipinski definition) is 8. The monoisotopic (exact) mass is 522 g/mol. The third-order valence-electron chi connectivity index (χ3n) is 7.43. The van der Waals surface area contributed by atoms with E-state index in [2.05, 4.69) is 46.5 Å². The van der Waals surface area contributed by atoms with E-state index in [1.54, 1.807) is 18.4 Å². The minimum atomic E-state index is -0.0152. The van der Waals surface area contributed by atoms with Crippen molar-refractivity contribution >= 4 is 33.8 Å². The van der Waals surface area contributed by atoms with E-state index < -0.39 is 0 Å². The second kappa shape index (κ2) is 11.8. The van der Waals surface area contributed by atoms with Crippen LogP contribution in [0.3, 0.4) is 0 Å². The van der Waals surface area contributed by atoms with Gasteiger partial charge in [-0.15, -0.1) is 11.3 Å². The lowest BCUT2D eigenvalue weighted by molar-refractivity contribution is -0.133. The lowest BCUT2D eigenvalue weighted by atomic mass is 10.1. The molecule has 1 N–H and O–H groups in total. The summed E-state index contributed by atoms with van der Waals surface area (Å²) in [7, 11) is 1.73. The van der Waals surface area contributed by atoms with Crippen LogP contribution in [0.15, 0.2) is 35.8 Å². The number of methoxy groups -OCH3 is 1. The number of benzene rings is 1. The second-order valence-electron chi connectivity index (χ2n) is 10.2. The molecule has 2 aromatic heterocycles. The number of ether oxygens (including phenoxy) is 1. The van der Waals surface area contributed by atoms with E-state index in [9.17, 15) is 4.79 Å². The van der Waals surface area contributed by atoms with Crippen LogP contribution in [0.5, 0.6) is 5.75 Å². The van der Waals surface area contributed by atoms with Gasteiger partial charge < -0.3 is 19.9 Å². The summed E-state index contributed by atoms with van der Waals surface area (Å²) in [5.74, 6) is 1.46. The molecule has 8 nitrogen and oxygen atoms in total. The van der Waals surface area contributed by atoms with Crippen LogP contribution in [0.2, 0.25) is 0 Å². The average molecular weight is 523 g/mol. The van der Waals surface area contributed by atoms with Crippen LogP contribution < -0.4 is 15.0 Å². The minimum absolute atomic E-state index is 0.0152. The molecule has 5 rings (SSSR count). The van der Waals surface area contributed by atoms with E-state index >= 15 is 0 Å². The van der Waals surface area contributed by atoms with E-state index in [1.165, 1.54) is 0 Å². The maximum atomic E-state index is 13.4. The first-order valence-electron chi connectivity index (χ1n) is 13.4. The smallest absolute Gasteiger partial charge is 0.224 e. The summed E-state index contributed by atoms with van der Waals surface area (Å²) in [6, 6.07) is 8.17. The van der Waals surface area contributed by atoms with Crippen molar-refractivity contribution in [1.82, 2.24) is 25.1 Å². The Morgan fingerprint density at radius 2 is 1.95 bits per heavy atom. The highest BCUT2D eigenvalue weighted by Crippen LogP contribution is 2.37. The van der Waals surface area contributed by atoms with Crippen LogP contribution >= 0.6 is 11.3 Å². The summed E-state index contributed by atoms with van der Waals surface area (Å²) in [5, 5.41) is 7.77. The third-order valence-corrected chi connectivity index (χ3v) is 8.59. The number of fused-ring (bicyclic) bond motifs is 1. The van der Waals surface area contributed by atoms with Gasteiger partial charge in [-0.1, -0.05) is 19.9 Å². The number of rotatable bonds is 7. The first-order chi connectivity index (χ1) is 18.0. The fourth-order valence-electron chi connectivity index (χ4n) is 5.40. The lowest BCUT2D eigenvalue weighted by Gasteiger charge is -2.33. The summed E-state index contributed by atoms with van der Waals surface area (Å²) in [5.41, 5.74) is 3.07. The number of amides is 1. The molecule has 2 fully saturated rings. The molecule has 2 aliphatic heterocycles.